The fourth-order valence-electron chi connectivity index (χ4n) is 1.90. The number of hydrazone groups is 1. The lowest BCUT2D eigenvalue weighted by molar-refractivity contribution is 0.0529. The number of rotatable bonds is 3. The Hall–Kier alpha value is -2.35. The van der Waals surface area contributed by atoms with E-state index in [2.05, 4.69) is 31.4 Å². The van der Waals surface area contributed by atoms with Gasteiger partial charge >= 0.3 is 6.09 Å². The van der Waals surface area contributed by atoms with Gasteiger partial charge in [0.05, 0.1) is 4.47 Å². The maximum absolute atomic E-state index is 14.3. The number of benzene rings is 1. The lowest BCUT2D eigenvalue weighted by atomic mass is 10.0. The fraction of sp³-hybridized carbons (Fsp3) is 0.235. The van der Waals surface area contributed by atoms with Gasteiger partial charge in [-0.1, -0.05) is 0 Å². The molecule has 132 valence electrons. The van der Waals surface area contributed by atoms with Gasteiger partial charge in [-0.2, -0.15) is 5.10 Å². The largest absolute Gasteiger partial charge is 0.443 e. The van der Waals surface area contributed by atoms with Gasteiger partial charge in [-0.15, -0.1) is 0 Å². The first-order valence-electron chi connectivity index (χ1n) is 7.29. The highest BCUT2D eigenvalue weighted by atomic mass is 79.9. The SMILES string of the molecule is CC(C)(C)OC(=O)N/N=C(/c1ccncc1)c1cc(F)c(Br)cc1F. The number of hydrogen-bond donors (Lipinski definition) is 1. The first kappa shape index (κ1) is 19.0. The molecule has 0 bridgehead atoms. The van der Waals surface area contributed by atoms with E-state index >= 15 is 0 Å². The lowest BCUT2D eigenvalue weighted by Gasteiger charge is -2.18. The number of aromatic nitrogens is 1. The number of carbonyl (C=O) groups excluding carboxylic acids is 1. The molecule has 0 unspecified atom stereocenters. The van der Waals surface area contributed by atoms with Crippen molar-refractivity contribution in [3.05, 3.63) is 63.9 Å². The number of carbonyl (C=O) groups is 1. The molecule has 0 spiro atoms. The van der Waals surface area contributed by atoms with E-state index in [4.69, 9.17) is 4.74 Å². The second-order valence-corrected chi connectivity index (χ2v) is 6.91. The van der Waals surface area contributed by atoms with Crippen LogP contribution in [0.2, 0.25) is 0 Å². The number of hydrogen-bond acceptors (Lipinski definition) is 4. The standard InChI is InChI=1S/C17H16BrF2N3O2/c1-17(2,3)25-16(24)23-22-15(10-4-6-21-7-5-10)11-8-14(20)12(18)9-13(11)19/h4-9H,1-3H3,(H,23,24)/b22-15-. The van der Waals surface area contributed by atoms with Crippen LogP contribution in [0.15, 0.2) is 46.2 Å². The van der Waals surface area contributed by atoms with E-state index in [0.29, 0.717) is 5.56 Å². The van der Waals surface area contributed by atoms with Crippen LogP contribution in [0.25, 0.3) is 0 Å². The van der Waals surface area contributed by atoms with Crippen molar-refractivity contribution in [2.24, 2.45) is 5.10 Å². The van der Waals surface area contributed by atoms with Crippen LogP contribution in [0.4, 0.5) is 13.6 Å². The predicted molar refractivity (Wildman–Crippen MR) is 93.3 cm³/mol. The van der Waals surface area contributed by atoms with E-state index in [-0.39, 0.29) is 15.7 Å². The number of amides is 1. The summed E-state index contributed by atoms with van der Waals surface area (Å²) < 4.78 is 33.3. The van der Waals surface area contributed by atoms with Crippen molar-refractivity contribution in [2.45, 2.75) is 26.4 Å². The molecule has 1 N–H and O–H groups in total. The average Bonchev–Trinajstić information content (AvgIpc) is 2.51. The summed E-state index contributed by atoms with van der Waals surface area (Å²) >= 11 is 2.93. The number of halogens is 3. The Bertz CT molecular complexity index is 806. The first-order valence-corrected chi connectivity index (χ1v) is 8.08. The number of nitrogens with one attached hydrogen (secondary N) is 1. The highest BCUT2D eigenvalue weighted by Gasteiger charge is 2.18. The third kappa shape index (κ3) is 5.32. The van der Waals surface area contributed by atoms with Crippen molar-refractivity contribution in [3.63, 3.8) is 0 Å². The van der Waals surface area contributed by atoms with Gasteiger partial charge in [0, 0.05) is 23.5 Å². The van der Waals surface area contributed by atoms with E-state index in [0.717, 1.165) is 12.1 Å². The zero-order valence-corrected chi connectivity index (χ0v) is 15.4. The van der Waals surface area contributed by atoms with E-state index in [1.54, 1.807) is 32.9 Å². The molecule has 0 saturated carbocycles. The molecule has 1 amide bonds. The van der Waals surface area contributed by atoms with Gasteiger partial charge in [-0.25, -0.2) is 19.0 Å². The molecule has 0 aliphatic heterocycles. The zero-order valence-electron chi connectivity index (χ0n) is 13.8. The third-order valence-corrected chi connectivity index (χ3v) is 3.48. The van der Waals surface area contributed by atoms with Gasteiger partial charge in [0.15, 0.2) is 0 Å². The molecular weight excluding hydrogens is 396 g/mol. The minimum Gasteiger partial charge on any atom is -0.443 e. The Labute approximate surface area is 152 Å². The van der Waals surface area contributed by atoms with Gasteiger partial charge in [-0.05, 0) is 61.0 Å². The van der Waals surface area contributed by atoms with Crippen molar-refractivity contribution in [2.75, 3.05) is 0 Å². The Morgan fingerprint density at radius 3 is 2.44 bits per heavy atom. The minimum absolute atomic E-state index is 0.0112. The number of ether oxygens (including phenoxy) is 1. The third-order valence-electron chi connectivity index (χ3n) is 2.88. The van der Waals surface area contributed by atoms with Gasteiger partial charge in [0.1, 0.15) is 22.9 Å². The summed E-state index contributed by atoms with van der Waals surface area (Å²) in [5.41, 5.74) is 1.87. The van der Waals surface area contributed by atoms with Crippen LogP contribution in [0.3, 0.4) is 0 Å². The summed E-state index contributed by atoms with van der Waals surface area (Å²) in [5.74, 6) is -1.36. The molecule has 0 aliphatic carbocycles. The van der Waals surface area contributed by atoms with E-state index in [1.165, 1.54) is 12.4 Å². The Morgan fingerprint density at radius 2 is 1.84 bits per heavy atom. The topological polar surface area (TPSA) is 63.6 Å². The number of pyridine rings is 1. The quantitative estimate of drug-likeness (QED) is 0.462. The zero-order chi connectivity index (χ0) is 18.6. The smallest absolute Gasteiger partial charge is 0.428 e. The fourth-order valence-corrected chi connectivity index (χ4v) is 2.21. The molecule has 8 heteroatoms. The Kier molecular flexibility index (Phi) is 5.84. The van der Waals surface area contributed by atoms with Gasteiger partial charge in [0.2, 0.25) is 0 Å². The monoisotopic (exact) mass is 411 g/mol. The van der Waals surface area contributed by atoms with Crippen molar-refractivity contribution in [1.82, 2.24) is 10.4 Å². The van der Waals surface area contributed by atoms with E-state index in [9.17, 15) is 13.6 Å². The summed E-state index contributed by atoms with van der Waals surface area (Å²) in [7, 11) is 0. The minimum atomic E-state index is -0.808. The first-order chi connectivity index (χ1) is 11.7. The second kappa shape index (κ2) is 7.69. The van der Waals surface area contributed by atoms with Crippen LogP contribution >= 0.6 is 15.9 Å². The Balaban J connectivity index is 2.43. The van der Waals surface area contributed by atoms with Crippen molar-refractivity contribution >= 4 is 27.7 Å². The molecule has 5 nitrogen and oxygen atoms in total. The molecule has 0 fully saturated rings. The molecule has 1 aromatic carbocycles. The molecule has 0 atom stereocenters. The van der Waals surface area contributed by atoms with Crippen LogP contribution in [0.1, 0.15) is 31.9 Å². The van der Waals surface area contributed by atoms with Crippen LogP contribution in [0.5, 0.6) is 0 Å². The lowest BCUT2D eigenvalue weighted by Crippen LogP contribution is -2.30. The van der Waals surface area contributed by atoms with Gasteiger partial charge in [0.25, 0.3) is 0 Å². The highest BCUT2D eigenvalue weighted by Crippen LogP contribution is 2.22. The molecule has 0 saturated heterocycles. The summed E-state index contributed by atoms with van der Waals surface area (Å²) in [5, 5.41) is 3.92. The molecule has 2 aromatic rings. The maximum Gasteiger partial charge on any atom is 0.428 e. The molecule has 2 rings (SSSR count). The maximum atomic E-state index is 14.3. The Morgan fingerprint density at radius 1 is 1.20 bits per heavy atom. The van der Waals surface area contributed by atoms with Crippen LogP contribution in [-0.4, -0.2) is 22.4 Å². The normalized spacial score (nSPS) is 12.0. The van der Waals surface area contributed by atoms with Gasteiger partial charge < -0.3 is 4.74 Å². The molecule has 0 radical (unpaired) electrons. The van der Waals surface area contributed by atoms with Crippen molar-refractivity contribution in [3.8, 4) is 0 Å². The molecule has 1 aromatic heterocycles. The molecule has 25 heavy (non-hydrogen) atoms. The predicted octanol–water partition coefficient (Wildman–Crippen LogP) is 4.40. The summed E-state index contributed by atoms with van der Waals surface area (Å²) in [4.78, 5) is 15.7. The van der Waals surface area contributed by atoms with Gasteiger partial charge in [-0.3, -0.25) is 4.98 Å². The molecule has 0 aliphatic rings. The van der Waals surface area contributed by atoms with Crippen LogP contribution in [0, 0.1) is 11.6 Å². The average molecular weight is 412 g/mol. The van der Waals surface area contributed by atoms with E-state index in [1.807, 2.05) is 0 Å². The molecular formula is C17H16BrF2N3O2. The highest BCUT2D eigenvalue weighted by molar-refractivity contribution is 9.10. The second-order valence-electron chi connectivity index (χ2n) is 6.06. The van der Waals surface area contributed by atoms with Crippen LogP contribution < -0.4 is 5.43 Å². The molecule has 1 heterocycles. The van der Waals surface area contributed by atoms with Crippen molar-refractivity contribution < 1.29 is 18.3 Å². The summed E-state index contributed by atoms with van der Waals surface area (Å²) in [6.45, 7) is 5.09. The number of nitrogens with zero attached hydrogens (tertiary/aromatic N) is 2. The van der Waals surface area contributed by atoms with E-state index < -0.39 is 23.3 Å². The summed E-state index contributed by atoms with van der Waals surface area (Å²) in [6, 6.07) is 5.12. The van der Waals surface area contributed by atoms with Crippen molar-refractivity contribution in [1.29, 1.82) is 0 Å². The summed E-state index contributed by atoms with van der Waals surface area (Å²) in [6.07, 6.45) is 2.15. The van der Waals surface area contributed by atoms with Crippen LogP contribution in [-0.2, 0) is 4.74 Å².